The molecule has 40 heavy (non-hydrogen) atoms. The molecule has 11 atom stereocenters. The predicted octanol–water partition coefficient (Wildman–Crippen LogP) is 4.51. The van der Waals surface area contributed by atoms with Gasteiger partial charge in [0.1, 0.15) is 29.8 Å². The van der Waals surface area contributed by atoms with Crippen molar-refractivity contribution < 1.29 is 38.7 Å². The van der Waals surface area contributed by atoms with Gasteiger partial charge in [-0.05, 0) is 57.4 Å². The Balaban J connectivity index is 1.54. The number of ether oxygens (including phenoxy) is 5. The molecule has 2 N–H and O–H groups in total. The number of rotatable bonds is 1. The van der Waals surface area contributed by atoms with Gasteiger partial charge in [-0.3, -0.25) is 4.79 Å². The number of carbonyl (C=O) groups is 1. The first-order valence-corrected chi connectivity index (χ1v) is 14.8. The minimum atomic E-state index is -1.83. The lowest BCUT2D eigenvalue weighted by atomic mass is 9.70. The standard InChI is InChI=1S/C32H46O8/c1-18-8-7-9-25-30(36-6)38-28-27(33)21(4)15-26(32(25,28)35)29(34)37-24-16-23(11-10-19(2)14-18)40-31(17-24)13-12-20(3)22(5)39-31/h7-10,15,18,20,22-24,26-28,30,33,35H,11-14,16-17H2,1-6H3/b8-7+,19-10+,25-9-/t18-,20-,22+,23+,24-,26-,27+,28+,30+,31-,32+/m0/s1. The van der Waals surface area contributed by atoms with E-state index in [1.54, 1.807) is 19.1 Å². The monoisotopic (exact) mass is 558 g/mol. The molecule has 3 fully saturated rings. The van der Waals surface area contributed by atoms with Crippen LogP contribution in [-0.4, -0.2) is 71.5 Å². The second-order valence-corrected chi connectivity index (χ2v) is 12.7. The van der Waals surface area contributed by atoms with Crippen molar-refractivity contribution in [3.63, 3.8) is 0 Å². The number of aliphatic hydroxyl groups excluding tert-OH is 1. The summed E-state index contributed by atoms with van der Waals surface area (Å²) < 4.78 is 30.9. The molecule has 5 rings (SSSR count). The molecule has 0 amide bonds. The van der Waals surface area contributed by atoms with Crippen LogP contribution in [0.4, 0.5) is 0 Å². The molecule has 222 valence electrons. The summed E-state index contributed by atoms with van der Waals surface area (Å²) in [5.41, 5.74) is 0.373. The molecule has 1 spiro atoms. The molecule has 8 nitrogen and oxygen atoms in total. The van der Waals surface area contributed by atoms with E-state index in [-0.39, 0.29) is 18.1 Å². The Morgan fingerprint density at radius 1 is 1.12 bits per heavy atom. The van der Waals surface area contributed by atoms with Crippen LogP contribution >= 0.6 is 0 Å². The summed E-state index contributed by atoms with van der Waals surface area (Å²) in [6, 6.07) is 0. The van der Waals surface area contributed by atoms with Gasteiger partial charge in [0.25, 0.3) is 0 Å². The van der Waals surface area contributed by atoms with Gasteiger partial charge in [-0.25, -0.2) is 0 Å². The fourth-order valence-electron chi connectivity index (χ4n) is 7.07. The van der Waals surface area contributed by atoms with Crippen LogP contribution in [0.2, 0.25) is 0 Å². The van der Waals surface area contributed by atoms with Gasteiger partial charge in [-0.2, -0.15) is 0 Å². The van der Waals surface area contributed by atoms with E-state index >= 15 is 0 Å². The molecule has 1 aliphatic carbocycles. The van der Waals surface area contributed by atoms with Crippen molar-refractivity contribution >= 4 is 5.97 Å². The van der Waals surface area contributed by atoms with Gasteiger partial charge < -0.3 is 33.9 Å². The maximum absolute atomic E-state index is 14.0. The number of methoxy groups -OCH3 is 1. The van der Waals surface area contributed by atoms with Gasteiger partial charge in [0, 0.05) is 31.9 Å². The van der Waals surface area contributed by atoms with E-state index in [9.17, 15) is 15.0 Å². The van der Waals surface area contributed by atoms with Crippen molar-refractivity contribution in [2.24, 2.45) is 17.8 Å². The van der Waals surface area contributed by atoms with Crippen LogP contribution in [0.5, 0.6) is 0 Å². The Bertz CT molecular complexity index is 1090. The molecule has 3 saturated heterocycles. The van der Waals surface area contributed by atoms with E-state index in [0.29, 0.717) is 36.3 Å². The number of allylic oxidation sites excluding steroid dienone is 4. The summed E-state index contributed by atoms with van der Waals surface area (Å²) in [5.74, 6) is -1.77. The Morgan fingerprint density at radius 2 is 1.90 bits per heavy atom. The SMILES string of the molecule is CO[C@@H]1O[C@@H]2[C@H](O)C(C)=C[C@H]3C(=O)O[C@H]4C[C@@H](C/C=C(\C)C[C@@H](C)/C=C/C=C/1[C@]23O)O[C@@]1(CC[C@H](C)[C@@H](C)O1)C4. The maximum atomic E-state index is 14.0. The highest BCUT2D eigenvalue weighted by Gasteiger charge is 2.63. The van der Waals surface area contributed by atoms with Crippen molar-refractivity contribution in [2.75, 3.05) is 7.11 Å². The van der Waals surface area contributed by atoms with Crippen molar-refractivity contribution in [1.29, 1.82) is 0 Å². The average Bonchev–Trinajstić information content (AvgIpc) is 3.19. The van der Waals surface area contributed by atoms with E-state index in [1.165, 1.54) is 12.7 Å². The largest absolute Gasteiger partial charge is 0.462 e. The summed E-state index contributed by atoms with van der Waals surface area (Å²) >= 11 is 0. The van der Waals surface area contributed by atoms with Gasteiger partial charge >= 0.3 is 5.97 Å². The Labute approximate surface area is 238 Å². The first-order chi connectivity index (χ1) is 19.0. The zero-order chi connectivity index (χ0) is 28.8. The molecule has 4 heterocycles. The molecule has 0 aromatic carbocycles. The van der Waals surface area contributed by atoms with Gasteiger partial charge in [0.15, 0.2) is 12.1 Å². The lowest BCUT2D eigenvalue weighted by Gasteiger charge is -2.49. The van der Waals surface area contributed by atoms with Gasteiger partial charge in [-0.1, -0.05) is 49.8 Å². The van der Waals surface area contributed by atoms with Crippen molar-refractivity contribution in [1.82, 2.24) is 0 Å². The average molecular weight is 559 g/mol. The highest BCUT2D eigenvalue weighted by molar-refractivity contribution is 5.78. The van der Waals surface area contributed by atoms with E-state index in [2.05, 4.69) is 39.8 Å². The second kappa shape index (κ2) is 11.5. The minimum Gasteiger partial charge on any atom is -0.462 e. The van der Waals surface area contributed by atoms with E-state index in [4.69, 9.17) is 23.7 Å². The molecular formula is C32H46O8. The molecule has 4 aliphatic heterocycles. The number of hydrogen-bond acceptors (Lipinski definition) is 8. The second-order valence-electron chi connectivity index (χ2n) is 12.7. The number of hydrogen-bond donors (Lipinski definition) is 2. The fraction of sp³-hybridized carbons (Fsp3) is 0.719. The van der Waals surface area contributed by atoms with Crippen LogP contribution < -0.4 is 0 Å². The van der Waals surface area contributed by atoms with E-state index < -0.39 is 47.9 Å². The van der Waals surface area contributed by atoms with Gasteiger partial charge in [0.2, 0.25) is 0 Å². The first-order valence-electron chi connectivity index (χ1n) is 14.8. The molecule has 2 bridgehead atoms. The zero-order valence-corrected chi connectivity index (χ0v) is 24.7. The quantitative estimate of drug-likeness (QED) is 0.358. The highest BCUT2D eigenvalue weighted by Crippen LogP contribution is 2.49. The van der Waals surface area contributed by atoms with Crippen LogP contribution in [0.25, 0.3) is 0 Å². The van der Waals surface area contributed by atoms with Crippen LogP contribution in [-0.2, 0) is 28.5 Å². The van der Waals surface area contributed by atoms with Crippen LogP contribution in [0.3, 0.4) is 0 Å². The Kier molecular flexibility index (Phi) is 8.50. The molecule has 5 aliphatic rings. The molecule has 0 radical (unpaired) electrons. The zero-order valence-electron chi connectivity index (χ0n) is 24.7. The smallest absolute Gasteiger partial charge is 0.316 e. The number of aliphatic hydroxyl groups is 2. The lowest BCUT2D eigenvalue weighted by molar-refractivity contribution is -0.332. The predicted molar refractivity (Wildman–Crippen MR) is 149 cm³/mol. The maximum Gasteiger partial charge on any atom is 0.316 e. The van der Waals surface area contributed by atoms with Crippen molar-refractivity contribution in [3.8, 4) is 0 Å². The third-order valence-electron chi connectivity index (χ3n) is 9.55. The molecular weight excluding hydrogens is 512 g/mol. The van der Waals surface area contributed by atoms with Crippen LogP contribution in [0, 0.1) is 17.8 Å². The van der Waals surface area contributed by atoms with Crippen LogP contribution in [0.15, 0.2) is 47.1 Å². The summed E-state index contributed by atoms with van der Waals surface area (Å²) in [6.07, 6.45) is 10.2. The first kappa shape index (κ1) is 29.7. The van der Waals surface area contributed by atoms with E-state index in [0.717, 1.165) is 19.3 Å². The van der Waals surface area contributed by atoms with Gasteiger partial charge in [-0.15, -0.1) is 0 Å². The van der Waals surface area contributed by atoms with Crippen LogP contribution in [0.1, 0.15) is 73.1 Å². The summed E-state index contributed by atoms with van der Waals surface area (Å²) in [6.45, 7) is 10.3. The third kappa shape index (κ3) is 5.51. The number of esters is 1. The molecule has 8 heteroatoms. The summed E-state index contributed by atoms with van der Waals surface area (Å²) in [4.78, 5) is 14.0. The summed E-state index contributed by atoms with van der Waals surface area (Å²) in [5, 5.41) is 23.2. The normalized spacial score (nSPS) is 49.6. The molecule has 0 saturated carbocycles. The summed E-state index contributed by atoms with van der Waals surface area (Å²) in [7, 11) is 1.49. The molecule has 0 aromatic rings. The number of fused-ring (bicyclic) bond motifs is 2. The Morgan fingerprint density at radius 3 is 2.62 bits per heavy atom. The minimum absolute atomic E-state index is 0.0350. The van der Waals surface area contributed by atoms with Crippen molar-refractivity contribution in [3.05, 3.63) is 47.1 Å². The highest BCUT2D eigenvalue weighted by atomic mass is 16.7. The third-order valence-corrected chi connectivity index (χ3v) is 9.55. The number of carbonyl (C=O) groups excluding carboxylic acids is 1. The Hall–Kier alpha value is -1.81. The fourth-order valence-corrected chi connectivity index (χ4v) is 7.07. The molecule has 0 unspecified atom stereocenters. The van der Waals surface area contributed by atoms with E-state index in [1.807, 2.05) is 6.08 Å². The van der Waals surface area contributed by atoms with Gasteiger partial charge in [0.05, 0.1) is 12.2 Å². The lowest BCUT2D eigenvalue weighted by Crippen LogP contribution is -2.58. The topological polar surface area (TPSA) is 104 Å². The molecule has 0 aromatic heterocycles. The van der Waals surface area contributed by atoms with Crippen molar-refractivity contribution in [2.45, 2.75) is 121 Å².